The normalized spacial score (nSPS) is 12.1. The minimum Gasteiger partial charge on any atom is -0.310 e. The molecule has 0 aliphatic carbocycles. The summed E-state index contributed by atoms with van der Waals surface area (Å²) in [5, 5.41) is 15.5. The first kappa shape index (κ1) is 8.16. The maximum Gasteiger partial charge on any atom is 0.0659 e. The monoisotopic (exact) mass is 124 g/mol. The topological polar surface area (TPSA) is 47.6 Å². The quantitative estimate of drug-likeness (QED) is 0.574. The van der Waals surface area contributed by atoms with E-state index in [0.29, 0.717) is 12.1 Å². The van der Waals surface area contributed by atoms with Crippen LogP contribution in [0.1, 0.15) is 26.7 Å². The van der Waals surface area contributed by atoms with E-state index in [9.17, 15) is 0 Å². The van der Waals surface area contributed by atoms with Crippen molar-refractivity contribution < 1.29 is 0 Å². The first-order chi connectivity index (χ1) is 4.20. The van der Waals surface area contributed by atoms with Gasteiger partial charge in [0.05, 0.1) is 12.0 Å². The lowest BCUT2D eigenvalue weighted by atomic mass is 10.0. The molecule has 0 aliphatic heterocycles. The molecule has 0 radical (unpaired) electrons. The third-order valence-corrected chi connectivity index (χ3v) is 1.23. The van der Waals surface area contributed by atoms with E-state index in [-0.39, 0.29) is 5.92 Å². The van der Waals surface area contributed by atoms with Gasteiger partial charge < -0.3 is 5.41 Å². The highest BCUT2D eigenvalue weighted by Gasteiger charge is 2.03. The van der Waals surface area contributed by atoms with Crippen LogP contribution in [0.25, 0.3) is 0 Å². The summed E-state index contributed by atoms with van der Waals surface area (Å²) in [5.41, 5.74) is 0.600. The molecule has 0 aromatic carbocycles. The first-order valence-corrected chi connectivity index (χ1v) is 3.14. The molecule has 1 atom stereocenters. The zero-order valence-electron chi connectivity index (χ0n) is 5.94. The molecular weight excluding hydrogens is 112 g/mol. The molecule has 0 amide bonds. The predicted molar refractivity (Wildman–Crippen MR) is 37.4 cm³/mol. The van der Waals surface area contributed by atoms with Gasteiger partial charge in [0.1, 0.15) is 0 Å². The average Bonchev–Trinajstić information content (AvgIpc) is 1.82. The smallest absolute Gasteiger partial charge is 0.0659 e. The maximum atomic E-state index is 8.43. The van der Waals surface area contributed by atoms with Gasteiger partial charge in [0.2, 0.25) is 0 Å². The van der Waals surface area contributed by atoms with Gasteiger partial charge in [-0.2, -0.15) is 5.26 Å². The summed E-state index contributed by atoms with van der Waals surface area (Å²) in [5.74, 6) is 0.0579. The Balaban J connectivity index is 3.60. The van der Waals surface area contributed by atoms with Crippen LogP contribution in [-0.2, 0) is 0 Å². The Bertz CT molecular complexity index is 132. The van der Waals surface area contributed by atoms with E-state index < -0.39 is 0 Å². The molecule has 1 N–H and O–H groups in total. The Kier molecular flexibility index (Phi) is 3.70. The maximum absolute atomic E-state index is 8.43. The Morgan fingerprint density at radius 1 is 1.78 bits per heavy atom. The minimum atomic E-state index is 0.0579. The number of nitriles is 1. The van der Waals surface area contributed by atoms with Gasteiger partial charge in [-0.3, -0.25) is 0 Å². The first-order valence-electron chi connectivity index (χ1n) is 3.14. The molecule has 2 nitrogen and oxygen atoms in total. The number of nitrogens with one attached hydrogen (secondary N) is 1. The van der Waals surface area contributed by atoms with Crippen molar-refractivity contribution in [3.05, 3.63) is 0 Å². The number of rotatable bonds is 3. The fourth-order valence-corrected chi connectivity index (χ4v) is 0.651. The van der Waals surface area contributed by atoms with Crippen molar-refractivity contribution in [1.82, 2.24) is 0 Å². The van der Waals surface area contributed by atoms with Crippen LogP contribution in [0.3, 0.4) is 0 Å². The lowest BCUT2D eigenvalue weighted by Gasteiger charge is -2.01. The molecule has 0 aromatic rings. The molecule has 0 saturated carbocycles. The summed E-state index contributed by atoms with van der Waals surface area (Å²) >= 11 is 0. The van der Waals surface area contributed by atoms with E-state index in [4.69, 9.17) is 10.7 Å². The van der Waals surface area contributed by atoms with Crippen molar-refractivity contribution >= 4 is 5.71 Å². The molecule has 50 valence electrons. The lowest BCUT2D eigenvalue weighted by molar-refractivity contribution is 0.667. The highest BCUT2D eigenvalue weighted by molar-refractivity contribution is 5.78. The predicted octanol–water partition coefficient (Wildman–Crippen LogP) is 1.97. The summed E-state index contributed by atoms with van der Waals surface area (Å²) in [6.45, 7) is 3.71. The lowest BCUT2D eigenvalue weighted by Crippen LogP contribution is -2.00. The van der Waals surface area contributed by atoms with Crippen LogP contribution in [0.15, 0.2) is 0 Å². The molecular formula is C7H12N2. The minimum absolute atomic E-state index is 0.0579. The second-order valence-corrected chi connectivity index (χ2v) is 2.22. The third-order valence-electron chi connectivity index (χ3n) is 1.23. The molecule has 0 aliphatic rings. The van der Waals surface area contributed by atoms with Gasteiger partial charge in [0, 0.05) is 12.1 Å². The van der Waals surface area contributed by atoms with E-state index in [1.54, 1.807) is 6.92 Å². The van der Waals surface area contributed by atoms with E-state index in [1.165, 1.54) is 0 Å². The molecule has 0 fully saturated rings. The summed E-state index contributed by atoms with van der Waals surface area (Å²) in [4.78, 5) is 0. The Morgan fingerprint density at radius 2 is 2.33 bits per heavy atom. The van der Waals surface area contributed by atoms with Gasteiger partial charge in [-0.05, 0) is 13.3 Å². The van der Waals surface area contributed by atoms with Gasteiger partial charge >= 0.3 is 0 Å². The van der Waals surface area contributed by atoms with Crippen molar-refractivity contribution in [3.63, 3.8) is 0 Å². The molecule has 0 spiro atoms. The van der Waals surface area contributed by atoms with Crippen LogP contribution in [-0.4, -0.2) is 5.71 Å². The van der Waals surface area contributed by atoms with E-state index >= 15 is 0 Å². The van der Waals surface area contributed by atoms with Crippen molar-refractivity contribution in [1.29, 1.82) is 10.7 Å². The molecule has 1 unspecified atom stereocenters. The fourth-order valence-electron chi connectivity index (χ4n) is 0.651. The zero-order valence-corrected chi connectivity index (χ0v) is 5.94. The third kappa shape index (κ3) is 3.72. The number of hydrogen-bond acceptors (Lipinski definition) is 2. The summed E-state index contributed by atoms with van der Waals surface area (Å²) in [6, 6.07) is 2.14. The van der Waals surface area contributed by atoms with Gasteiger partial charge in [-0.25, -0.2) is 0 Å². The van der Waals surface area contributed by atoms with Crippen LogP contribution < -0.4 is 0 Å². The van der Waals surface area contributed by atoms with Crippen LogP contribution in [0.2, 0.25) is 0 Å². The van der Waals surface area contributed by atoms with Gasteiger partial charge in [-0.1, -0.05) is 6.92 Å². The van der Waals surface area contributed by atoms with Crippen molar-refractivity contribution in [2.24, 2.45) is 5.92 Å². The van der Waals surface area contributed by atoms with Gasteiger partial charge in [0.15, 0.2) is 0 Å². The van der Waals surface area contributed by atoms with E-state index in [1.807, 2.05) is 6.92 Å². The van der Waals surface area contributed by atoms with E-state index in [0.717, 1.165) is 6.42 Å². The largest absolute Gasteiger partial charge is 0.310 e. The molecule has 2 heteroatoms. The van der Waals surface area contributed by atoms with Crippen LogP contribution >= 0.6 is 0 Å². The summed E-state index contributed by atoms with van der Waals surface area (Å²) in [7, 11) is 0. The molecule has 0 saturated heterocycles. The van der Waals surface area contributed by atoms with Crippen LogP contribution in [0.4, 0.5) is 0 Å². The SMILES string of the molecule is CCC(C#N)CC(C)=N. The number of hydrogen-bond donors (Lipinski definition) is 1. The molecule has 0 aromatic heterocycles. The second kappa shape index (κ2) is 4.08. The Labute approximate surface area is 56.0 Å². The zero-order chi connectivity index (χ0) is 7.28. The van der Waals surface area contributed by atoms with Gasteiger partial charge in [0.25, 0.3) is 0 Å². The molecule has 0 rings (SSSR count). The van der Waals surface area contributed by atoms with Crippen molar-refractivity contribution in [3.8, 4) is 6.07 Å². The molecule has 9 heavy (non-hydrogen) atoms. The fraction of sp³-hybridized carbons (Fsp3) is 0.714. The number of nitrogens with zero attached hydrogens (tertiary/aromatic N) is 1. The highest BCUT2D eigenvalue weighted by Crippen LogP contribution is 2.05. The average molecular weight is 124 g/mol. The highest BCUT2D eigenvalue weighted by atomic mass is 14.4. The van der Waals surface area contributed by atoms with E-state index in [2.05, 4.69) is 6.07 Å². The Morgan fingerprint density at radius 3 is 2.44 bits per heavy atom. The van der Waals surface area contributed by atoms with Crippen LogP contribution in [0, 0.1) is 22.7 Å². The van der Waals surface area contributed by atoms with Crippen molar-refractivity contribution in [2.75, 3.05) is 0 Å². The van der Waals surface area contributed by atoms with Crippen molar-refractivity contribution in [2.45, 2.75) is 26.7 Å². The molecule has 0 bridgehead atoms. The summed E-state index contributed by atoms with van der Waals surface area (Å²) in [6.07, 6.45) is 1.49. The Hall–Kier alpha value is -0.840. The standard InChI is InChI=1S/C7H12N2/c1-3-7(5-8)4-6(2)9/h7,9H,3-4H2,1-2H3. The second-order valence-electron chi connectivity index (χ2n) is 2.22. The summed E-state index contributed by atoms with van der Waals surface area (Å²) < 4.78 is 0. The van der Waals surface area contributed by atoms with Gasteiger partial charge in [-0.15, -0.1) is 0 Å². The molecule has 0 heterocycles. The van der Waals surface area contributed by atoms with Crippen LogP contribution in [0.5, 0.6) is 0 Å².